The monoisotopic (exact) mass is 258 g/mol. The minimum absolute atomic E-state index is 0.123. The first-order chi connectivity index (χ1) is 7.99. The highest BCUT2D eigenvalue weighted by atomic mass is 32.2. The Kier molecular flexibility index (Phi) is 5.11. The molecule has 1 aromatic carbocycles. The van der Waals surface area contributed by atoms with Gasteiger partial charge in [0.25, 0.3) is 10.1 Å². The van der Waals surface area contributed by atoms with E-state index in [0.717, 1.165) is 12.0 Å². The van der Waals surface area contributed by atoms with Crippen molar-refractivity contribution in [2.45, 2.75) is 37.7 Å². The highest BCUT2D eigenvalue weighted by molar-refractivity contribution is 7.86. The third kappa shape index (κ3) is 4.11. The fourth-order valence-electron chi connectivity index (χ4n) is 1.43. The predicted molar refractivity (Wildman–Crippen MR) is 65.2 cm³/mol. The molecule has 17 heavy (non-hydrogen) atoms. The van der Waals surface area contributed by atoms with Crippen molar-refractivity contribution >= 4 is 10.1 Å². The van der Waals surface area contributed by atoms with E-state index in [9.17, 15) is 8.42 Å². The standard InChI is InChI=1S/C12H18O4S/c1-3-4-11(9-13)16-17(14,15)12-7-5-10(2)6-8-12/h5-8,11,13H,3-4,9H2,1-2H3. The molecule has 0 aromatic heterocycles. The van der Waals surface area contributed by atoms with Gasteiger partial charge in [0, 0.05) is 0 Å². The van der Waals surface area contributed by atoms with E-state index >= 15 is 0 Å². The summed E-state index contributed by atoms with van der Waals surface area (Å²) in [7, 11) is -3.77. The molecule has 0 amide bonds. The van der Waals surface area contributed by atoms with Gasteiger partial charge in [0.2, 0.25) is 0 Å². The molecule has 0 heterocycles. The van der Waals surface area contributed by atoms with Crippen LogP contribution in [0.4, 0.5) is 0 Å². The van der Waals surface area contributed by atoms with Crippen LogP contribution in [0, 0.1) is 6.92 Å². The molecule has 4 nitrogen and oxygen atoms in total. The summed E-state index contributed by atoms with van der Waals surface area (Å²) in [5, 5.41) is 9.02. The number of aryl methyl sites for hydroxylation is 1. The molecule has 5 heteroatoms. The summed E-state index contributed by atoms with van der Waals surface area (Å²) < 4.78 is 28.7. The highest BCUT2D eigenvalue weighted by Crippen LogP contribution is 2.16. The Balaban J connectivity index is 2.84. The molecule has 1 unspecified atom stereocenters. The zero-order chi connectivity index (χ0) is 12.9. The molecule has 1 aromatic rings. The van der Waals surface area contributed by atoms with Crippen LogP contribution in [0.1, 0.15) is 25.3 Å². The zero-order valence-corrected chi connectivity index (χ0v) is 10.9. The molecule has 0 bridgehead atoms. The molecule has 0 fully saturated rings. The van der Waals surface area contributed by atoms with E-state index in [1.54, 1.807) is 12.1 Å². The van der Waals surface area contributed by atoms with Crippen molar-refractivity contribution in [2.24, 2.45) is 0 Å². The SMILES string of the molecule is CCCC(CO)OS(=O)(=O)c1ccc(C)cc1. The average Bonchev–Trinajstić information content (AvgIpc) is 2.28. The Hall–Kier alpha value is -0.910. The van der Waals surface area contributed by atoms with E-state index in [4.69, 9.17) is 9.29 Å². The molecule has 1 rings (SSSR count). The van der Waals surface area contributed by atoms with Crippen molar-refractivity contribution in [3.63, 3.8) is 0 Å². The predicted octanol–water partition coefficient (Wildman–Crippen LogP) is 1.86. The Morgan fingerprint density at radius 3 is 2.35 bits per heavy atom. The van der Waals surface area contributed by atoms with Crippen LogP contribution in [0.15, 0.2) is 29.2 Å². The van der Waals surface area contributed by atoms with Crippen molar-refractivity contribution in [2.75, 3.05) is 6.61 Å². The van der Waals surface area contributed by atoms with Crippen LogP contribution >= 0.6 is 0 Å². The van der Waals surface area contributed by atoms with Gasteiger partial charge in [0.05, 0.1) is 11.5 Å². The lowest BCUT2D eigenvalue weighted by Crippen LogP contribution is -2.22. The molecule has 0 aliphatic rings. The van der Waals surface area contributed by atoms with Gasteiger partial charge in [-0.3, -0.25) is 4.18 Å². The van der Waals surface area contributed by atoms with Gasteiger partial charge in [-0.1, -0.05) is 31.0 Å². The quantitative estimate of drug-likeness (QED) is 0.791. The fourth-order valence-corrected chi connectivity index (χ4v) is 2.53. The highest BCUT2D eigenvalue weighted by Gasteiger charge is 2.20. The average molecular weight is 258 g/mol. The number of benzene rings is 1. The van der Waals surface area contributed by atoms with Crippen LogP contribution in [-0.2, 0) is 14.3 Å². The van der Waals surface area contributed by atoms with Crippen LogP contribution in [0.5, 0.6) is 0 Å². The van der Waals surface area contributed by atoms with Crippen molar-refractivity contribution in [3.8, 4) is 0 Å². The second kappa shape index (κ2) is 6.14. The molecule has 96 valence electrons. The van der Waals surface area contributed by atoms with Crippen molar-refractivity contribution in [3.05, 3.63) is 29.8 Å². The van der Waals surface area contributed by atoms with Crippen LogP contribution in [0.25, 0.3) is 0 Å². The van der Waals surface area contributed by atoms with E-state index in [2.05, 4.69) is 0 Å². The van der Waals surface area contributed by atoms with Crippen LogP contribution in [0.2, 0.25) is 0 Å². The molecule has 0 saturated carbocycles. The fraction of sp³-hybridized carbons (Fsp3) is 0.500. The summed E-state index contributed by atoms with van der Waals surface area (Å²) in [5.74, 6) is 0. The molecule has 1 atom stereocenters. The van der Waals surface area contributed by atoms with Crippen LogP contribution < -0.4 is 0 Å². The maximum atomic E-state index is 11.9. The summed E-state index contributed by atoms with van der Waals surface area (Å²) >= 11 is 0. The molecular formula is C12H18O4S. The van der Waals surface area contributed by atoms with E-state index in [1.807, 2.05) is 13.8 Å². The number of hydrogen-bond donors (Lipinski definition) is 1. The molecule has 0 spiro atoms. The van der Waals surface area contributed by atoms with Crippen molar-refractivity contribution in [1.82, 2.24) is 0 Å². The number of aliphatic hydroxyl groups excluding tert-OH is 1. The van der Waals surface area contributed by atoms with E-state index in [1.165, 1.54) is 12.1 Å². The van der Waals surface area contributed by atoms with Gasteiger partial charge in [-0.25, -0.2) is 0 Å². The second-order valence-corrected chi connectivity index (χ2v) is 5.53. The first-order valence-electron chi connectivity index (χ1n) is 5.60. The summed E-state index contributed by atoms with van der Waals surface area (Å²) in [6.07, 6.45) is 0.613. The topological polar surface area (TPSA) is 63.6 Å². The van der Waals surface area contributed by atoms with Crippen LogP contribution in [0.3, 0.4) is 0 Å². The second-order valence-electron chi connectivity index (χ2n) is 3.96. The lowest BCUT2D eigenvalue weighted by Gasteiger charge is -2.14. The van der Waals surface area contributed by atoms with Gasteiger partial charge >= 0.3 is 0 Å². The first-order valence-corrected chi connectivity index (χ1v) is 7.01. The largest absolute Gasteiger partial charge is 0.394 e. The Morgan fingerprint density at radius 2 is 1.88 bits per heavy atom. The lowest BCUT2D eigenvalue weighted by molar-refractivity contribution is 0.113. The Labute approximate surface area is 102 Å². The van der Waals surface area contributed by atoms with Crippen molar-refractivity contribution < 1.29 is 17.7 Å². The summed E-state index contributed by atoms with van der Waals surface area (Å²) in [4.78, 5) is 0.123. The van der Waals surface area contributed by atoms with E-state index in [-0.39, 0.29) is 11.5 Å². The maximum absolute atomic E-state index is 11.9. The third-order valence-corrected chi connectivity index (χ3v) is 3.76. The minimum atomic E-state index is -3.77. The molecular weight excluding hydrogens is 240 g/mol. The molecule has 1 N–H and O–H groups in total. The van der Waals surface area contributed by atoms with Crippen molar-refractivity contribution in [1.29, 1.82) is 0 Å². The van der Waals surface area contributed by atoms with Gasteiger partial charge in [-0.2, -0.15) is 8.42 Å². The normalized spacial score (nSPS) is 13.6. The third-order valence-electron chi connectivity index (χ3n) is 2.39. The summed E-state index contributed by atoms with van der Waals surface area (Å²) in [6.45, 7) is 3.49. The minimum Gasteiger partial charge on any atom is -0.394 e. The Bertz CT molecular complexity index is 436. The maximum Gasteiger partial charge on any atom is 0.297 e. The number of aliphatic hydroxyl groups is 1. The zero-order valence-electron chi connectivity index (χ0n) is 10.1. The molecule has 0 aliphatic carbocycles. The number of rotatable bonds is 6. The molecule has 0 saturated heterocycles. The summed E-state index contributed by atoms with van der Waals surface area (Å²) in [6, 6.07) is 6.43. The van der Waals surface area contributed by atoms with Gasteiger partial charge in [-0.05, 0) is 25.5 Å². The molecule has 0 aliphatic heterocycles. The van der Waals surface area contributed by atoms with Crippen LogP contribution in [-0.4, -0.2) is 26.2 Å². The van der Waals surface area contributed by atoms with E-state index < -0.39 is 16.2 Å². The van der Waals surface area contributed by atoms with Gasteiger partial charge < -0.3 is 5.11 Å². The van der Waals surface area contributed by atoms with Gasteiger partial charge in [0.1, 0.15) is 6.10 Å². The Morgan fingerprint density at radius 1 is 1.29 bits per heavy atom. The van der Waals surface area contributed by atoms with E-state index in [0.29, 0.717) is 6.42 Å². The number of hydrogen-bond acceptors (Lipinski definition) is 4. The summed E-state index contributed by atoms with van der Waals surface area (Å²) in [5.41, 5.74) is 0.983. The smallest absolute Gasteiger partial charge is 0.297 e. The van der Waals surface area contributed by atoms with Gasteiger partial charge in [0.15, 0.2) is 0 Å². The first kappa shape index (κ1) is 14.2. The van der Waals surface area contributed by atoms with Gasteiger partial charge in [-0.15, -0.1) is 0 Å². The lowest BCUT2D eigenvalue weighted by atomic mass is 10.2. The molecule has 0 radical (unpaired) electrons.